The van der Waals surface area contributed by atoms with Gasteiger partial charge >= 0.3 is 0 Å². The number of carbonyl (C=O) groups excluding carboxylic acids is 1. The molecule has 0 bridgehead atoms. The number of carbonyl (C=O) groups is 1. The highest BCUT2D eigenvalue weighted by Gasteiger charge is 2.20. The van der Waals surface area contributed by atoms with Crippen molar-refractivity contribution in [1.29, 1.82) is 0 Å². The predicted molar refractivity (Wildman–Crippen MR) is 98.1 cm³/mol. The fraction of sp³-hybridized carbons (Fsp3) is 0.286. The zero-order valence-electron chi connectivity index (χ0n) is 14.2. The van der Waals surface area contributed by atoms with Gasteiger partial charge in [0.15, 0.2) is 0 Å². The molecule has 1 fully saturated rings. The highest BCUT2D eigenvalue weighted by molar-refractivity contribution is 5.91. The van der Waals surface area contributed by atoms with Crippen molar-refractivity contribution in [3.05, 3.63) is 71.8 Å². The third-order valence-corrected chi connectivity index (χ3v) is 4.25. The van der Waals surface area contributed by atoms with Gasteiger partial charge in [0.2, 0.25) is 5.91 Å². The number of likely N-dealkylation sites (tertiary alicyclic amines) is 1. The molecule has 1 aliphatic heterocycles. The van der Waals surface area contributed by atoms with Crippen molar-refractivity contribution in [2.45, 2.75) is 25.6 Å². The average Bonchev–Trinajstić information content (AvgIpc) is 2.66. The van der Waals surface area contributed by atoms with Crippen LogP contribution in [-0.2, 0) is 11.4 Å². The first-order chi connectivity index (χ1) is 12.2. The number of nitrogens with zero attached hydrogens (tertiary/aromatic N) is 1. The number of hydrogen-bond donors (Lipinski definition) is 1. The maximum absolute atomic E-state index is 12.1. The van der Waals surface area contributed by atoms with Gasteiger partial charge in [0.1, 0.15) is 12.4 Å². The van der Waals surface area contributed by atoms with Crippen molar-refractivity contribution in [1.82, 2.24) is 4.90 Å². The highest BCUT2D eigenvalue weighted by atomic mass is 16.5. The quantitative estimate of drug-likeness (QED) is 0.852. The number of benzene rings is 2. The second kappa shape index (κ2) is 8.49. The van der Waals surface area contributed by atoms with E-state index >= 15 is 0 Å². The Morgan fingerprint density at radius 1 is 1.16 bits per heavy atom. The summed E-state index contributed by atoms with van der Waals surface area (Å²) in [5, 5.41) is 9.65. The van der Waals surface area contributed by atoms with E-state index in [4.69, 9.17) is 4.74 Å². The highest BCUT2D eigenvalue weighted by Crippen LogP contribution is 2.16. The Labute approximate surface area is 148 Å². The summed E-state index contributed by atoms with van der Waals surface area (Å²) in [4.78, 5) is 13.8. The molecule has 4 nitrogen and oxygen atoms in total. The fourth-order valence-electron chi connectivity index (χ4n) is 2.84. The molecule has 1 amide bonds. The van der Waals surface area contributed by atoms with Crippen LogP contribution in [-0.4, -0.2) is 35.1 Å². The standard InChI is InChI=1S/C21H23NO3/c23-19-7-4-14-22(15-19)21(24)13-10-17-8-11-20(12-9-17)25-16-18-5-2-1-3-6-18/h1-3,5-6,8-13,19,23H,4,7,14-16H2/b13-10+. The zero-order valence-corrected chi connectivity index (χ0v) is 14.2. The summed E-state index contributed by atoms with van der Waals surface area (Å²) in [5.41, 5.74) is 2.07. The Hall–Kier alpha value is -2.59. The molecule has 130 valence electrons. The number of rotatable bonds is 5. The molecule has 1 atom stereocenters. The van der Waals surface area contributed by atoms with Crippen LogP contribution < -0.4 is 4.74 Å². The lowest BCUT2D eigenvalue weighted by Gasteiger charge is -2.29. The number of amides is 1. The van der Waals surface area contributed by atoms with Gasteiger partial charge in [0.25, 0.3) is 0 Å². The van der Waals surface area contributed by atoms with E-state index in [0.717, 1.165) is 29.7 Å². The molecule has 2 aromatic carbocycles. The van der Waals surface area contributed by atoms with E-state index in [1.54, 1.807) is 17.1 Å². The lowest BCUT2D eigenvalue weighted by molar-refractivity contribution is -0.128. The van der Waals surface area contributed by atoms with Gasteiger partial charge in [-0.05, 0) is 42.2 Å². The van der Waals surface area contributed by atoms with E-state index in [9.17, 15) is 9.90 Å². The lowest BCUT2D eigenvalue weighted by atomic mass is 10.1. The number of piperidine rings is 1. The van der Waals surface area contributed by atoms with Gasteiger partial charge in [0, 0.05) is 19.2 Å². The second-order valence-corrected chi connectivity index (χ2v) is 6.26. The zero-order chi connectivity index (χ0) is 17.5. The molecule has 0 spiro atoms. The Balaban J connectivity index is 1.52. The summed E-state index contributed by atoms with van der Waals surface area (Å²) in [5.74, 6) is 0.745. The van der Waals surface area contributed by atoms with E-state index in [-0.39, 0.29) is 5.91 Å². The minimum Gasteiger partial charge on any atom is -0.489 e. The Morgan fingerprint density at radius 3 is 2.64 bits per heavy atom. The molecule has 1 saturated heterocycles. The minimum absolute atomic E-state index is 0.0526. The molecule has 1 N–H and O–H groups in total. The van der Waals surface area contributed by atoms with E-state index in [2.05, 4.69) is 0 Å². The van der Waals surface area contributed by atoms with Gasteiger partial charge in [-0.25, -0.2) is 0 Å². The summed E-state index contributed by atoms with van der Waals surface area (Å²) in [6.07, 6.45) is 4.60. The minimum atomic E-state index is -0.396. The molecule has 0 aromatic heterocycles. The molecule has 1 heterocycles. The third kappa shape index (κ3) is 5.19. The number of ether oxygens (including phenoxy) is 1. The van der Waals surface area contributed by atoms with E-state index in [1.807, 2.05) is 54.6 Å². The van der Waals surface area contributed by atoms with Gasteiger partial charge in [-0.1, -0.05) is 42.5 Å². The van der Waals surface area contributed by atoms with Crippen molar-refractivity contribution < 1.29 is 14.6 Å². The molecule has 4 heteroatoms. The van der Waals surface area contributed by atoms with Gasteiger partial charge < -0.3 is 14.7 Å². The molecule has 1 aliphatic rings. The Bertz CT molecular complexity index is 710. The van der Waals surface area contributed by atoms with Gasteiger partial charge in [0.05, 0.1) is 6.10 Å². The largest absolute Gasteiger partial charge is 0.489 e. The molecular formula is C21H23NO3. The molecule has 0 aliphatic carbocycles. The van der Waals surface area contributed by atoms with Crippen LogP contribution in [0.1, 0.15) is 24.0 Å². The maximum atomic E-state index is 12.1. The van der Waals surface area contributed by atoms with Crippen molar-refractivity contribution in [3.8, 4) is 5.75 Å². The van der Waals surface area contributed by atoms with Crippen LogP contribution in [0.5, 0.6) is 5.75 Å². The van der Waals surface area contributed by atoms with Crippen LogP contribution in [0, 0.1) is 0 Å². The Kier molecular flexibility index (Phi) is 5.86. The summed E-state index contributed by atoms with van der Waals surface area (Å²) >= 11 is 0. The topological polar surface area (TPSA) is 49.8 Å². The van der Waals surface area contributed by atoms with Crippen molar-refractivity contribution in [2.75, 3.05) is 13.1 Å². The molecule has 25 heavy (non-hydrogen) atoms. The first-order valence-electron chi connectivity index (χ1n) is 8.62. The fourth-order valence-corrected chi connectivity index (χ4v) is 2.84. The van der Waals surface area contributed by atoms with Gasteiger partial charge in [-0.3, -0.25) is 4.79 Å². The number of aliphatic hydroxyl groups excluding tert-OH is 1. The van der Waals surface area contributed by atoms with Crippen LogP contribution in [0.2, 0.25) is 0 Å². The summed E-state index contributed by atoms with van der Waals surface area (Å²) < 4.78 is 5.75. The van der Waals surface area contributed by atoms with Crippen molar-refractivity contribution >= 4 is 12.0 Å². The SMILES string of the molecule is O=C(/C=C/c1ccc(OCc2ccccc2)cc1)N1CCCC(O)C1. The summed E-state index contributed by atoms with van der Waals surface area (Å²) in [6.45, 7) is 1.67. The lowest BCUT2D eigenvalue weighted by Crippen LogP contribution is -2.41. The predicted octanol–water partition coefficient (Wildman–Crippen LogP) is 3.26. The first-order valence-corrected chi connectivity index (χ1v) is 8.62. The molecule has 2 aromatic rings. The van der Waals surface area contributed by atoms with Gasteiger partial charge in [-0.2, -0.15) is 0 Å². The normalized spacial score (nSPS) is 17.6. The number of hydrogen-bond acceptors (Lipinski definition) is 3. The van der Waals surface area contributed by atoms with Crippen molar-refractivity contribution in [2.24, 2.45) is 0 Å². The van der Waals surface area contributed by atoms with Crippen LogP contribution in [0.15, 0.2) is 60.7 Å². The monoisotopic (exact) mass is 337 g/mol. The van der Waals surface area contributed by atoms with Crippen LogP contribution in [0.4, 0.5) is 0 Å². The third-order valence-electron chi connectivity index (χ3n) is 4.25. The molecule has 1 unspecified atom stereocenters. The van der Waals surface area contributed by atoms with E-state index < -0.39 is 6.10 Å². The molecule has 0 radical (unpaired) electrons. The molecule has 0 saturated carbocycles. The van der Waals surface area contributed by atoms with Crippen LogP contribution >= 0.6 is 0 Å². The van der Waals surface area contributed by atoms with Crippen LogP contribution in [0.25, 0.3) is 6.08 Å². The first kappa shape index (κ1) is 17.2. The second-order valence-electron chi connectivity index (χ2n) is 6.26. The summed E-state index contributed by atoms with van der Waals surface area (Å²) in [7, 11) is 0. The average molecular weight is 337 g/mol. The van der Waals surface area contributed by atoms with Gasteiger partial charge in [-0.15, -0.1) is 0 Å². The Morgan fingerprint density at radius 2 is 1.92 bits per heavy atom. The van der Waals surface area contributed by atoms with E-state index in [0.29, 0.717) is 19.7 Å². The number of aliphatic hydroxyl groups is 1. The summed E-state index contributed by atoms with van der Waals surface area (Å²) in [6, 6.07) is 17.7. The molecular weight excluding hydrogens is 314 g/mol. The molecule has 3 rings (SSSR count). The van der Waals surface area contributed by atoms with Crippen molar-refractivity contribution in [3.63, 3.8) is 0 Å². The maximum Gasteiger partial charge on any atom is 0.246 e. The van der Waals surface area contributed by atoms with Crippen LogP contribution in [0.3, 0.4) is 0 Å². The van der Waals surface area contributed by atoms with E-state index in [1.165, 1.54) is 0 Å². The smallest absolute Gasteiger partial charge is 0.246 e. The number of β-amino-alcohol motifs (C(OH)–C–C–N with tert-alkyl or cyclic N) is 1.